The molecule has 0 aromatic carbocycles. The van der Waals surface area contributed by atoms with Crippen LogP contribution in [0.2, 0.25) is 0 Å². The minimum absolute atomic E-state index is 0.228. The summed E-state index contributed by atoms with van der Waals surface area (Å²) in [6, 6.07) is 8.68. The van der Waals surface area contributed by atoms with E-state index in [-0.39, 0.29) is 11.6 Å². The number of piperidine rings is 1. The number of aromatic nitrogens is 4. The molecule has 7 nitrogen and oxygen atoms in total. The molecule has 3 aromatic heterocycles. The smallest absolute Gasteiger partial charge is 0.274 e. The predicted octanol–water partition coefficient (Wildman–Crippen LogP) is 3.45. The summed E-state index contributed by atoms with van der Waals surface area (Å²) in [6.07, 6.45) is 4.63. The molecule has 1 fully saturated rings. The van der Waals surface area contributed by atoms with Gasteiger partial charge in [-0.3, -0.25) is 14.8 Å². The molecule has 0 saturated carbocycles. The Bertz CT molecular complexity index is 1020. The zero-order valence-electron chi connectivity index (χ0n) is 15.0. The second-order valence-electron chi connectivity index (χ2n) is 6.52. The Morgan fingerprint density at radius 3 is 2.68 bits per heavy atom. The van der Waals surface area contributed by atoms with E-state index in [0.717, 1.165) is 0 Å². The normalized spacial score (nSPS) is 14.6. The molecule has 1 aliphatic rings. The lowest BCUT2D eigenvalue weighted by molar-refractivity contribution is 0.0660. The number of likely N-dealkylation sites (tertiary alicyclic amines) is 1. The summed E-state index contributed by atoms with van der Waals surface area (Å²) >= 11 is 0. The van der Waals surface area contributed by atoms with E-state index in [0.29, 0.717) is 48.7 Å². The SMILES string of the molecule is [C-]#[N+]c1ccc(-c2cc(C(=O)N3CCC(F)CC3)nn2-c2cccnc2)nc1. The number of alkyl halides is 1. The Labute approximate surface area is 161 Å². The standard InChI is InChI=1S/C20H17FN6O/c1-22-15-4-5-17(24-12-15)19-11-18(20(28)26-9-6-14(21)7-10-26)25-27(19)16-3-2-8-23-13-16/h2-5,8,11-14H,6-7,9-10H2. The number of hydrogen-bond acceptors (Lipinski definition) is 4. The van der Waals surface area contributed by atoms with Crippen LogP contribution in [0.4, 0.5) is 10.1 Å². The Morgan fingerprint density at radius 2 is 2.04 bits per heavy atom. The van der Waals surface area contributed by atoms with Crippen LogP contribution in [0, 0.1) is 6.57 Å². The Hall–Kier alpha value is -3.60. The van der Waals surface area contributed by atoms with Gasteiger partial charge in [-0.15, -0.1) is 0 Å². The maximum atomic E-state index is 13.4. The van der Waals surface area contributed by atoms with Gasteiger partial charge in [-0.1, -0.05) is 6.07 Å². The first-order chi connectivity index (χ1) is 13.7. The number of rotatable bonds is 3. The first-order valence-electron chi connectivity index (χ1n) is 8.93. The van der Waals surface area contributed by atoms with Crippen molar-refractivity contribution in [3.8, 4) is 17.1 Å². The summed E-state index contributed by atoms with van der Waals surface area (Å²) in [5, 5.41) is 4.48. The van der Waals surface area contributed by atoms with Crippen LogP contribution >= 0.6 is 0 Å². The van der Waals surface area contributed by atoms with Crippen LogP contribution in [0.5, 0.6) is 0 Å². The van der Waals surface area contributed by atoms with Gasteiger partial charge in [0.05, 0.1) is 29.8 Å². The highest BCUT2D eigenvalue weighted by Gasteiger charge is 2.26. The molecule has 3 aromatic rings. The summed E-state index contributed by atoms with van der Waals surface area (Å²) in [5.41, 5.74) is 2.60. The largest absolute Gasteiger partial charge is 0.337 e. The van der Waals surface area contributed by atoms with E-state index < -0.39 is 6.17 Å². The van der Waals surface area contributed by atoms with Crippen molar-refractivity contribution in [3.63, 3.8) is 0 Å². The van der Waals surface area contributed by atoms with Gasteiger partial charge in [-0.2, -0.15) is 5.10 Å². The fourth-order valence-electron chi connectivity index (χ4n) is 3.16. The highest BCUT2D eigenvalue weighted by Crippen LogP contribution is 2.25. The zero-order chi connectivity index (χ0) is 19.5. The molecule has 4 rings (SSSR count). The van der Waals surface area contributed by atoms with Crippen LogP contribution < -0.4 is 0 Å². The van der Waals surface area contributed by atoms with Crippen molar-refractivity contribution < 1.29 is 9.18 Å². The Kier molecular flexibility index (Phi) is 4.81. The van der Waals surface area contributed by atoms with Crippen LogP contribution in [0.15, 0.2) is 48.9 Å². The summed E-state index contributed by atoms with van der Waals surface area (Å²) < 4.78 is 15.0. The van der Waals surface area contributed by atoms with Crippen LogP contribution in [0.1, 0.15) is 23.3 Å². The Morgan fingerprint density at radius 1 is 1.21 bits per heavy atom. The molecule has 1 saturated heterocycles. The third-order valence-corrected chi connectivity index (χ3v) is 4.67. The van der Waals surface area contributed by atoms with Crippen molar-refractivity contribution in [2.45, 2.75) is 19.0 Å². The molecule has 0 N–H and O–H groups in total. The summed E-state index contributed by atoms with van der Waals surface area (Å²) in [5.74, 6) is -0.228. The molecular weight excluding hydrogens is 359 g/mol. The fraction of sp³-hybridized carbons (Fsp3) is 0.250. The number of nitrogens with zero attached hydrogens (tertiary/aromatic N) is 6. The summed E-state index contributed by atoms with van der Waals surface area (Å²) in [7, 11) is 0. The Balaban J connectivity index is 1.74. The lowest BCUT2D eigenvalue weighted by Crippen LogP contribution is -2.39. The van der Waals surface area contributed by atoms with Crippen molar-refractivity contribution in [2.75, 3.05) is 13.1 Å². The molecule has 0 aliphatic carbocycles. The van der Waals surface area contributed by atoms with Crippen molar-refractivity contribution in [3.05, 3.63) is 66.0 Å². The van der Waals surface area contributed by atoms with Gasteiger partial charge in [0.2, 0.25) is 5.69 Å². The second kappa shape index (κ2) is 7.56. The van der Waals surface area contributed by atoms with Crippen LogP contribution in [0.3, 0.4) is 0 Å². The van der Waals surface area contributed by atoms with E-state index in [2.05, 4.69) is 19.9 Å². The van der Waals surface area contributed by atoms with E-state index in [1.54, 1.807) is 46.2 Å². The highest BCUT2D eigenvalue weighted by molar-refractivity contribution is 5.93. The first-order valence-corrected chi connectivity index (χ1v) is 8.93. The van der Waals surface area contributed by atoms with Gasteiger partial charge in [0, 0.05) is 25.5 Å². The number of hydrogen-bond donors (Lipinski definition) is 0. The quantitative estimate of drug-likeness (QED) is 0.657. The number of pyridine rings is 2. The minimum atomic E-state index is -0.849. The number of carbonyl (C=O) groups excluding carboxylic acids is 1. The predicted molar refractivity (Wildman–Crippen MR) is 101 cm³/mol. The molecule has 28 heavy (non-hydrogen) atoms. The number of amides is 1. The van der Waals surface area contributed by atoms with E-state index in [4.69, 9.17) is 6.57 Å². The molecule has 1 amide bonds. The van der Waals surface area contributed by atoms with Crippen molar-refractivity contribution in [2.24, 2.45) is 0 Å². The summed E-state index contributed by atoms with van der Waals surface area (Å²) in [6.45, 7) is 7.83. The fourth-order valence-corrected chi connectivity index (χ4v) is 3.16. The minimum Gasteiger partial charge on any atom is -0.337 e. The molecule has 1 aliphatic heterocycles. The van der Waals surface area contributed by atoms with Crippen molar-refractivity contribution in [1.82, 2.24) is 24.6 Å². The molecule has 0 unspecified atom stereocenters. The molecule has 140 valence electrons. The van der Waals surface area contributed by atoms with Crippen LogP contribution in [-0.4, -0.2) is 49.8 Å². The molecule has 0 bridgehead atoms. The maximum absolute atomic E-state index is 13.4. The first kappa shape index (κ1) is 17.8. The third-order valence-electron chi connectivity index (χ3n) is 4.67. The summed E-state index contributed by atoms with van der Waals surface area (Å²) in [4.78, 5) is 26.3. The zero-order valence-corrected chi connectivity index (χ0v) is 15.0. The van der Waals surface area contributed by atoms with E-state index in [1.165, 1.54) is 6.20 Å². The third kappa shape index (κ3) is 3.47. The van der Waals surface area contributed by atoms with Gasteiger partial charge in [0.1, 0.15) is 6.17 Å². The van der Waals surface area contributed by atoms with Crippen LogP contribution in [-0.2, 0) is 0 Å². The van der Waals surface area contributed by atoms with Crippen molar-refractivity contribution >= 4 is 11.6 Å². The number of halogens is 1. The van der Waals surface area contributed by atoms with E-state index >= 15 is 0 Å². The molecule has 0 spiro atoms. The second-order valence-corrected chi connectivity index (χ2v) is 6.52. The average molecular weight is 376 g/mol. The molecule has 8 heteroatoms. The molecule has 0 radical (unpaired) electrons. The lowest BCUT2D eigenvalue weighted by atomic mass is 10.1. The topological polar surface area (TPSA) is 68.3 Å². The van der Waals surface area contributed by atoms with E-state index in [9.17, 15) is 9.18 Å². The lowest BCUT2D eigenvalue weighted by Gasteiger charge is -2.27. The monoisotopic (exact) mass is 376 g/mol. The molecule has 4 heterocycles. The van der Waals surface area contributed by atoms with Crippen LogP contribution in [0.25, 0.3) is 21.9 Å². The van der Waals surface area contributed by atoms with Gasteiger partial charge < -0.3 is 4.90 Å². The number of carbonyl (C=O) groups is 1. The highest BCUT2D eigenvalue weighted by atomic mass is 19.1. The van der Waals surface area contributed by atoms with E-state index in [1.807, 2.05) is 6.07 Å². The van der Waals surface area contributed by atoms with Crippen molar-refractivity contribution in [1.29, 1.82) is 0 Å². The average Bonchev–Trinajstić information content (AvgIpc) is 3.20. The van der Waals surface area contributed by atoms with Gasteiger partial charge in [-0.25, -0.2) is 13.9 Å². The maximum Gasteiger partial charge on any atom is 0.274 e. The van der Waals surface area contributed by atoms with Gasteiger partial charge in [-0.05, 0) is 37.1 Å². The molecular formula is C20H17FN6O. The van der Waals surface area contributed by atoms with Gasteiger partial charge in [0.25, 0.3) is 5.91 Å². The van der Waals surface area contributed by atoms with Gasteiger partial charge >= 0.3 is 0 Å². The molecule has 0 atom stereocenters. The van der Waals surface area contributed by atoms with Gasteiger partial charge in [0.15, 0.2) is 5.69 Å².